The van der Waals surface area contributed by atoms with Gasteiger partial charge in [-0.1, -0.05) is 43.3 Å². The maximum Gasteiger partial charge on any atom is 0.262 e. The molecule has 0 aromatic heterocycles. The number of benzene rings is 4. The Bertz CT molecular complexity index is 1900. The quantitative estimate of drug-likeness (QED) is 0.189. The lowest BCUT2D eigenvalue weighted by Crippen LogP contribution is -2.64. The van der Waals surface area contributed by atoms with Crippen molar-refractivity contribution in [2.45, 2.75) is 65.6 Å². The average molecular weight is 648 g/mol. The second-order valence-electron chi connectivity index (χ2n) is 13.1. The highest BCUT2D eigenvalue weighted by molar-refractivity contribution is 6.27. The Hall–Kier alpha value is -4.64. The Morgan fingerprint density at radius 3 is 1.83 bits per heavy atom. The number of ether oxygens (including phenoxy) is 1. The van der Waals surface area contributed by atoms with Crippen molar-refractivity contribution in [1.29, 1.82) is 0 Å². The molecule has 48 heavy (non-hydrogen) atoms. The van der Waals surface area contributed by atoms with Crippen molar-refractivity contribution in [3.8, 4) is 0 Å². The molecule has 4 aromatic carbocycles. The van der Waals surface area contributed by atoms with Crippen LogP contribution < -0.4 is 10.2 Å². The van der Waals surface area contributed by atoms with Gasteiger partial charge in [-0.3, -0.25) is 39.2 Å². The van der Waals surface area contributed by atoms with Gasteiger partial charge in [0.25, 0.3) is 23.6 Å². The minimum atomic E-state index is -0.673. The van der Waals surface area contributed by atoms with Gasteiger partial charge in [-0.05, 0) is 69.8 Å². The first-order valence-corrected chi connectivity index (χ1v) is 16.8. The maximum absolute atomic E-state index is 14.3. The van der Waals surface area contributed by atoms with Crippen molar-refractivity contribution in [2.24, 2.45) is 0 Å². The number of nitrogens with one attached hydrogen (secondary N) is 1. The fourth-order valence-corrected chi connectivity index (χ4v) is 7.87. The van der Waals surface area contributed by atoms with Gasteiger partial charge in [0.2, 0.25) is 0 Å². The molecule has 3 unspecified atom stereocenters. The SMILES string of the molecule is CCC(NC(C)N1C(=O)c2cccc3cccc(c23)C1=O)N(C(C)C)C(C)N1C(=O)c2cccc3c(N4CCOCC4)ccc(c23)C1=O. The minimum absolute atomic E-state index is 0.103. The largest absolute Gasteiger partial charge is 0.378 e. The molecule has 10 heteroatoms. The van der Waals surface area contributed by atoms with Gasteiger partial charge in [0, 0.05) is 63.2 Å². The summed E-state index contributed by atoms with van der Waals surface area (Å²) in [4.78, 5) is 63.0. The zero-order valence-corrected chi connectivity index (χ0v) is 28.0. The van der Waals surface area contributed by atoms with Gasteiger partial charge < -0.3 is 9.64 Å². The summed E-state index contributed by atoms with van der Waals surface area (Å²) in [7, 11) is 0. The molecule has 4 amide bonds. The third-order valence-electron chi connectivity index (χ3n) is 10.0. The normalized spacial score (nSPS) is 18.4. The van der Waals surface area contributed by atoms with Crippen molar-refractivity contribution in [1.82, 2.24) is 20.0 Å². The van der Waals surface area contributed by atoms with E-state index in [-0.39, 0.29) is 35.8 Å². The fraction of sp³-hybridized carbons (Fsp3) is 0.368. The van der Waals surface area contributed by atoms with E-state index in [9.17, 15) is 19.2 Å². The Balaban J connectivity index is 1.18. The molecule has 1 saturated heterocycles. The summed E-state index contributed by atoms with van der Waals surface area (Å²) in [6, 6.07) is 20.4. The van der Waals surface area contributed by atoms with Crippen molar-refractivity contribution in [3.05, 3.63) is 89.0 Å². The Kier molecular flexibility index (Phi) is 8.27. The summed E-state index contributed by atoms with van der Waals surface area (Å²) in [5.41, 5.74) is 2.98. The standard InChI is InChI=1S/C38H41N5O5/c1-6-32(39-23(4)42-35(44)27-13-7-10-25-11-8-14-28(33(25)27)36(42)45)41(22(2)3)24(5)43-37(46)29-15-9-12-26-31(40-18-20-48-21-19-40)17-16-30(34(26)29)38(43)47/h7-17,22-24,32,39H,6,18-21H2,1-5H3. The molecule has 3 heterocycles. The molecule has 3 aliphatic rings. The molecule has 0 aliphatic carbocycles. The lowest BCUT2D eigenvalue weighted by molar-refractivity contribution is -0.00987. The third kappa shape index (κ3) is 4.98. The monoisotopic (exact) mass is 647 g/mol. The summed E-state index contributed by atoms with van der Waals surface area (Å²) in [6.07, 6.45) is -1.11. The van der Waals surface area contributed by atoms with Gasteiger partial charge in [0.05, 0.1) is 31.7 Å². The highest BCUT2D eigenvalue weighted by Crippen LogP contribution is 2.38. The number of carbonyl (C=O) groups is 4. The molecule has 0 bridgehead atoms. The number of carbonyl (C=O) groups excluding carboxylic acids is 4. The Morgan fingerprint density at radius 1 is 0.708 bits per heavy atom. The van der Waals surface area contributed by atoms with Gasteiger partial charge in [0.15, 0.2) is 0 Å². The van der Waals surface area contributed by atoms with Gasteiger partial charge in [-0.2, -0.15) is 0 Å². The van der Waals surface area contributed by atoms with Crippen molar-refractivity contribution in [2.75, 3.05) is 31.2 Å². The van der Waals surface area contributed by atoms with Gasteiger partial charge >= 0.3 is 0 Å². The molecule has 248 valence electrons. The summed E-state index contributed by atoms with van der Waals surface area (Å²) < 4.78 is 5.55. The summed E-state index contributed by atoms with van der Waals surface area (Å²) in [6.45, 7) is 12.5. The van der Waals surface area contributed by atoms with Crippen LogP contribution in [0.3, 0.4) is 0 Å². The number of nitrogens with zero attached hydrogens (tertiary/aromatic N) is 4. The van der Waals surface area contributed by atoms with Crippen molar-refractivity contribution < 1.29 is 23.9 Å². The summed E-state index contributed by atoms with van der Waals surface area (Å²) in [5, 5.41) is 6.62. The Morgan fingerprint density at radius 2 is 1.25 bits per heavy atom. The smallest absolute Gasteiger partial charge is 0.262 e. The number of morpholine rings is 1. The second kappa shape index (κ2) is 12.4. The van der Waals surface area contributed by atoms with Gasteiger partial charge in [0.1, 0.15) is 0 Å². The van der Waals surface area contributed by atoms with E-state index in [2.05, 4.69) is 15.1 Å². The van der Waals surface area contributed by atoms with Crippen LogP contribution in [0.4, 0.5) is 5.69 Å². The predicted molar refractivity (Wildman–Crippen MR) is 185 cm³/mol. The summed E-state index contributed by atoms with van der Waals surface area (Å²) >= 11 is 0. The number of hydrogen-bond acceptors (Lipinski definition) is 8. The molecule has 1 N–H and O–H groups in total. The second-order valence-corrected chi connectivity index (χ2v) is 13.1. The van der Waals surface area contributed by atoms with Crippen molar-refractivity contribution >= 4 is 50.9 Å². The molecule has 7 rings (SSSR count). The zero-order chi connectivity index (χ0) is 33.9. The number of hydrogen-bond donors (Lipinski definition) is 1. The van der Waals surface area contributed by atoms with Crippen LogP contribution >= 0.6 is 0 Å². The van der Waals surface area contributed by atoms with Gasteiger partial charge in [-0.25, -0.2) is 0 Å². The lowest BCUT2D eigenvalue weighted by Gasteiger charge is -2.46. The van der Waals surface area contributed by atoms with E-state index in [1.165, 1.54) is 9.80 Å². The third-order valence-corrected chi connectivity index (χ3v) is 10.0. The molecule has 4 aromatic rings. The van der Waals surface area contributed by atoms with E-state index in [0.717, 1.165) is 29.5 Å². The molecular formula is C38H41N5O5. The summed E-state index contributed by atoms with van der Waals surface area (Å²) in [5.74, 6) is -1.40. The molecule has 1 fully saturated rings. The van der Waals surface area contributed by atoms with Crippen molar-refractivity contribution in [3.63, 3.8) is 0 Å². The first-order chi connectivity index (χ1) is 23.1. The first-order valence-electron chi connectivity index (χ1n) is 16.8. The molecule has 0 spiro atoms. The van der Waals surface area contributed by atoms with E-state index in [4.69, 9.17) is 4.74 Å². The van der Waals surface area contributed by atoms with Crippen LogP contribution in [0.2, 0.25) is 0 Å². The van der Waals surface area contributed by atoms with E-state index < -0.39 is 12.3 Å². The van der Waals surface area contributed by atoms with Crippen LogP contribution in [0.5, 0.6) is 0 Å². The zero-order valence-electron chi connectivity index (χ0n) is 28.0. The van der Waals surface area contributed by atoms with E-state index in [1.807, 2.05) is 76.2 Å². The van der Waals surface area contributed by atoms with E-state index in [1.54, 1.807) is 25.1 Å². The maximum atomic E-state index is 14.3. The van der Waals surface area contributed by atoms with Gasteiger partial charge in [-0.15, -0.1) is 0 Å². The molecule has 3 atom stereocenters. The molecule has 3 aliphatic heterocycles. The molecular weight excluding hydrogens is 606 g/mol. The first kappa shape index (κ1) is 31.9. The highest BCUT2D eigenvalue weighted by Gasteiger charge is 2.42. The lowest BCUT2D eigenvalue weighted by atomic mass is 9.92. The van der Waals surface area contributed by atoms with Crippen LogP contribution in [-0.4, -0.2) is 89.2 Å². The topological polar surface area (TPSA) is 102 Å². The molecule has 10 nitrogen and oxygen atoms in total. The van der Waals surface area contributed by atoms with Crippen LogP contribution in [0.1, 0.15) is 82.5 Å². The molecule has 0 saturated carbocycles. The number of amides is 4. The van der Waals surface area contributed by atoms with Crippen LogP contribution in [-0.2, 0) is 4.74 Å². The minimum Gasteiger partial charge on any atom is -0.378 e. The Labute approximate surface area is 280 Å². The number of anilines is 1. The van der Waals surface area contributed by atoms with Crippen LogP contribution in [0.25, 0.3) is 21.5 Å². The average Bonchev–Trinajstić information content (AvgIpc) is 3.09. The number of rotatable bonds is 9. The predicted octanol–water partition coefficient (Wildman–Crippen LogP) is 5.45. The fourth-order valence-electron chi connectivity index (χ4n) is 7.87. The number of imide groups is 2. The highest BCUT2D eigenvalue weighted by atomic mass is 16.5. The molecule has 0 radical (unpaired) electrons. The van der Waals surface area contributed by atoms with E-state index >= 15 is 0 Å². The van der Waals surface area contributed by atoms with Crippen LogP contribution in [0, 0.1) is 0 Å². The van der Waals surface area contributed by atoms with Crippen LogP contribution in [0.15, 0.2) is 66.7 Å². The van der Waals surface area contributed by atoms with E-state index in [0.29, 0.717) is 52.7 Å².